The molecule has 0 saturated carbocycles. The number of thiazole rings is 1. The minimum absolute atomic E-state index is 0.480. The van der Waals surface area contributed by atoms with Gasteiger partial charge in [0, 0.05) is 23.7 Å². The summed E-state index contributed by atoms with van der Waals surface area (Å²) in [6.45, 7) is 6.09. The van der Waals surface area contributed by atoms with Crippen LogP contribution in [0.3, 0.4) is 0 Å². The number of fused-ring (bicyclic) bond motifs is 1. The van der Waals surface area contributed by atoms with E-state index in [0.717, 1.165) is 18.1 Å². The largest absolute Gasteiger partial charge is 0.326 e. The number of aromatic nitrogens is 1. The summed E-state index contributed by atoms with van der Waals surface area (Å²) in [4.78, 5) is 8.55. The van der Waals surface area contributed by atoms with Gasteiger partial charge in [0.15, 0.2) is 5.13 Å². The van der Waals surface area contributed by atoms with E-state index in [1.807, 2.05) is 0 Å². The average molecular weight is 301 g/mol. The predicted molar refractivity (Wildman–Crippen MR) is 90.5 cm³/mol. The maximum Gasteiger partial charge on any atom is 0.190 e. The average Bonchev–Trinajstić information content (AvgIpc) is 2.97. The van der Waals surface area contributed by atoms with E-state index in [4.69, 9.17) is 10.7 Å². The standard InChI is InChI=1S/C17H23N3S/c1-3-12(2)16-15(11-18)21-17(19-16)20-10-6-8-13-7-4-5-9-14(13)20/h4-5,7,9,12H,3,6,8,10-11,18H2,1-2H3. The maximum atomic E-state index is 5.93. The third-order valence-corrected chi connectivity index (χ3v) is 5.44. The molecule has 1 atom stereocenters. The molecule has 0 spiro atoms. The van der Waals surface area contributed by atoms with Gasteiger partial charge in [-0.25, -0.2) is 4.98 Å². The van der Waals surface area contributed by atoms with E-state index < -0.39 is 0 Å². The summed E-state index contributed by atoms with van der Waals surface area (Å²) >= 11 is 1.76. The lowest BCUT2D eigenvalue weighted by molar-refractivity contribution is 0.700. The predicted octanol–water partition coefficient (Wildman–Crippen LogP) is 4.20. The van der Waals surface area contributed by atoms with E-state index in [1.54, 1.807) is 11.3 Å². The molecule has 0 bridgehead atoms. The lowest BCUT2D eigenvalue weighted by Gasteiger charge is -2.29. The minimum Gasteiger partial charge on any atom is -0.326 e. The SMILES string of the molecule is CCC(C)c1nc(N2CCCc3ccccc32)sc1CN. The van der Waals surface area contributed by atoms with Crippen molar-refractivity contribution in [1.82, 2.24) is 4.98 Å². The third-order valence-electron chi connectivity index (χ3n) is 4.32. The molecule has 21 heavy (non-hydrogen) atoms. The van der Waals surface area contributed by atoms with Crippen LogP contribution in [0.5, 0.6) is 0 Å². The smallest absolute Gasteiger partial charge is 0.190 e. The van der Waals surface area contributed by atoms with Crippen molar-refractivity contribution < 1.29 is 0 Å². The Morgan fingerprint density at radius 3 is 2.95 bits per heavy atom. The van der Waals surface area contributed by atoms with Gasteiger partial charge in [-0.3, -0.25) is 0 Å². The number of hydrogen-bond acceptors (Lipinski definition) is 4. The quantitative estimate of drug-likeness (QED) is 0.920. The molecular weight excluding hydrogens is 278 g/mol. The normalized spacial score (nSPS) is 15.9. The summed E-state index contributed by atoms with van der Waals surface area (Å²) in [7, 11) is 0. The number of nitrogens with zero attached hydrogens (tertiary/aromatic N) is 2. The first-order valence-electron chi connectivity index (χ1n) is 7.79. The van der Waals surface area contributed by atoms with E-state index in [0.29, 0.717) is 12.5 Å². The fraction of sp³-hybridized carbons (Fsp3) is 0.471. The summed E-state index contributed by atoms with van der Waals surface area (Å²) < 4.78 is 0. The first-order valence-corrected chi connectivity index (χ1v) is 8.61. The summed E-state index contributed by atoms with van der Waals surface area (Å²) in [6, 6.07) is 8.68. The molecule has 4 heteroatoms. The highest BCUT2D eigenvalue weighted by Crippen LogP contribution is 2.38. The Morgan fingerprint density at radius 2 is 2.19 bits per heavy atom. The summed E-state index contributed by atoms with van der Waals surface area (Å²) in [5.74, 6) is 0.480. The Labute approximate surface area is 130 Å². The summed E-state index contributed by atoms with van der Waals surface area (Å²) in [5.41, 5.74) is 9.88. The Kier molecular flexibility index (Phi) is 4.27. The Hall–Kier alpha value is -1.39. The molecule has 2 heterocycles. The molecule has 0 amide bonds. The van der Waals surface area contributed by atoms with Gasteiger partial charge < -0.3 is 10.6 Å². The molecular formula is C17H23N3S. The van der Waals surface area contributed by atoms with Gasteiger partial charge in [-0.05, 0) is 36.8 Å². The number of rotatable bonds is 4. The van der Waals surface area contributed by atoms with Gasteiger partial charge >= 0.3 is 0 Å². The molecule has 1 aliphatic heterocycles. The maximum absolute atomic E-state index is 5.93. The third kappa shape index (κ3) is 2.70. The van der Waals surface area contributed by atoms with Gasteiger partial charge in [0.05, 0.1) is 5.69 Å². The monoisotopic (exact) mass is 301 g/mol. The van der Waals surface area contributed by atoms with Crippen LogP contribution in [-0.4, -0.2) is 11.5 Å². The van der Waals surface area contributed by atoms with E-state index in [9.17, 15) is 0 Å². The van der Waals surface area contributed by atoms with Crippen LogP contribution >= 0.6 is 11.3 Å². The molecule has 3 nitrogen and oxygen atoms in total. The van der Waals surface area contributed by atoms with Gasteiger partial charge in [0.25, 0.3) is 0 Å². The lowest BCUT2D eigenvalue weighted by Crippen LogP contribution is -2.24. The molecule has 0 aliphatic carbocycles. The molecule has 0 saturated heterocycles. The second kappa shape index (κ2) is 6.16. The van der Waals surface area contributed by atoms with Crippen LogP contribution in [0.1, 0.15) is 48.7 Å². The Bertz CT molecular complexity index is 620. The molecule has 112 valence electrons. The Morgan fingerprint density at radius 1 is 1.38 bits per heavy atom. The van der Waals surface area contributed by atoms with E-state index in [1.165, 1.54) is 34.7 Å². The van der Waals surface area contributed by atoms with Gasteiger partial charge in [-0.1, -0.05) is 43.4 Å². The van der Waals surface area contributed by atoms with Crippen molar-refractivity contribution in [2.45, 2.75) is 45.6 Å². The highest BCUT2D eigenvalue weighted by molar-refractivity contribution is 7.15. The zero-order valence-electron chi connectivity index (χ0n) is 12.8. The van der Waals surface area contributed by atoms with Crippen molar-refractivity contribution in [3.63, 3.8) is 0 Å². The van der Waals surface area contributed by atoms with Crippen molar-refractivity contribution in [3.05, 3.63) is 40.4 Å². The minimum atomic E-state index is 0.480. The first kappa shape index (κ1) is 14.5. The van der Waals surface area contributed by atoms with Crippen LogP contribution in [0.2, 0.25) is 0 Å². The van der Waals surface area contributed by atoms with Gasteiger partial charge in [0.1, 0.15) is 0 Å². The van der Waals surface area contributed by atoms with Crippen LogP contribution in [0.15, 0.2) is 24.3 Å². The number of benzene rings is 1. The highest BCUT2D eigenvalue weighted by atomic mass is 32.1. The Balaban J connectivity index is 2.00. The van der Waals surface area contributed by atoms with E-state index in [-0.39, 0.29) is 0 Å². The van der Waals surface area contributed by atoms with Gasteiger partial charge in [0.2, 0.25) is 0 Å². The molecule has 2 aromatic rings. The lowest BCUT2D eigenvalue weighted by atomic mass is 10.0. The fourth-order valence-corrected chi connectivity index (χ4v) is 4.02. The van der Waals surface area contributed by atoms with E-state index in [2.05, 4.69) is 43.0 Å². The number of aryl methyl sites for hydroxylation is 1. The van der Waals surface area contributed by atoms with Crippen molar-refractivity contribution in [3.8, 4) is 0 Å². The fourth-order valence-electron chi connectivity index (χ4n) is 2.92. The second-order valence-corrected chi connectivity index (χ2v) is 6.76. The van der Waals surface area contributed by atoms with Crippen LogP contribution in [0.25, 0.3) is 0 Å². The molecule has 3 rings (SSSR count). The molecule has 0 radical (unpaired) electrons. The van der Waals surface area contributed by atoms with Crippen molar-refractivity contribution in [2.24, 2.45) is 5.73 Å². The van der Waals surface area contributed by atoms with Crippen molar-refractivity contribution in [1.29, 1.82) is 0 Å². The van der Waals surface area contributed by atoms with Gasteiger partial charge in [-0.2, -0.15) is 0 Å². The van der Waals surface area contributed by atoms with Crippen LogP contribution in [0, 0.1) is 0 Å². The van der Waals surface area contributed by atoms with Crippen LogP contribution < -0.4 is 10.6 Å². The topological polar surface area (TPSA) is 42.2 Å². The summed E-state index contributed by atoms with van der Waals surface area (Å²) in [5, 5.41) is 1.11. The zero-order chi connectivity index (χ0) is 14.8. The first-order chi connectivity index (χ1) is 10.2. The molecule has 1 aliphatic rings. The van der Waals surface area contributed by atoms with Crippen molar-refractivity contribution >= 4 is 22.2 Å². The number of nitrogens with two attached hydrogens (primary N) is 1. The van der Waals surface area contributed by atoms with Crippen LogP contribution in [0.4, 0.5) is 10.8 Å². The van der Waals surface area contributed by atoms with Gasteiger partial charge in [-0.15, -0.1) is 0 Å². The summed E-state index contributed by atoms with van der Waals surface area (Å²) in [6.07, 6.45) is 3.46. The number of hydrogen-bond donors (Lipinski definition) is 1. The highest BCUT2D eigenvalue weighted by Gasteiger charge is 2.23. The number of para-hydroxylation sites is 1. The molecule has 2 N–H and O–H groups in total. The molecule has 0 fully saturated rings. The zero-order valence-corrected chi connectivity index (χ0v) is 13.6. The van der Waals surface area contributed by atoms with E-state index >= 15 is 0 Å². The second-order valence-electron chi connectivity index (χ2n) is 5.70. The molecule has 1 unspecified atom stereocenters. The van der Waals surface area contributed by atoms with Crippen molar-refractivity contribution in [2.75, 3.05) is 11.4 Å². The number of anilines is 2. The van der Waals surface area contributed by atoms with Crippen LogP contribution in [-0.2, 0) is 13.0 Å². The molecule has 1 aromatic carbocycles. The molecule has 1 aromatic heterocycles.